The number of carbonyl (C=O) groups is 3. The van der Waals surface area contributed by atoms with Crippen molar-refractivity contribution in [2.45, 2.75) is 65.2 Å². The first-order chi connectivity index (χ1) is 12.2. The molecule has 2 amide bonds. The van der Waals surface area contributed by atoms with Gasteiger partial charge in [0.1, 0.15) is 17.2 Å². The molecule has 3 N–H and O–H groups in total. The molecule has 0 bridgehead atoms. The molecule has 0 spiro atoms. The van der Waals surface area contributed by atoms with Crippen LogP contribution in [0.5, 0.6) is 0 Å². The van der Waals surface area contributed by atoms with Crippen LogP contribution >= 0.6 is 0 Å². The largest absolute Gasteiger partial charge is 0.480 e. The number of aliphatic carboxylic acids is 1. The van der Waals surface area contributed by atoms with Crippen LogP contribution in [0, 0.1) is 0 Å². The molecule has 1 atom stereocenters. The summed E-state index contributed by atoms with van der Waals surface area (Å²) >= 11 is 0. The van der Waals surface area contributed by atoms with Gasteiger partial charge in [-0.2, -0.15) is 0 Å². The number of hydrogen-bond donors (Lipinski definition) is 3. The molecule has 27 heavy (non-hydrogen) atoms. The van der Waals surface area contributed by atoms with Crippen molar-refractivity contribution in [3.63, 3.8) is 0 Å². The Morgan fingerprint density at radius 3 is 2.07 bits per heavy atom. The topological polar surface area (TPSA) is 114 Å². The second kappa shape index (κ2) is 8.75. The van der Waals surface area contributed by atoms with Gasteiger partial charge < -0.3 is 19.9 Å². The van der Waals surface area contributed by atoms with Gasteiger partial charge in [-0.15, -0.1) is 0 Å². The highest BCUT2D eigenvalue weighted by molar-refractivity contribution is 5.85. The zero-order valence-electron chi connectivity index (χ0n) is 16.6. The molecule has 150 valence electrons. The van der Waals surface area contributed by atoms with Gasteiger partial charge in [0.05, 0.1) is 0 Å². The van der Waals surface area contributed by atoms with Crippen LogP contribution in [0.4, 0.5) is 15.3 Å². The number of benzene rings is 1. The Hall–Kier alpha value is -2.77. The van der Waals surface area contributed by atoms with Gasteiger partial charge in [-0.05, 0) is 59.2 Å². The van der Waals surface area contributed by atoms with Crippen LogP contribution in [0.2, 0.25) is 0 Å². The van der Waals surface area contributed by atoms with Gasteiger partial charge in [0.2, 0.25) is 0 Å². The van der Waals surface area contributed by atoms with Crippen molar-refractivity contribution in [3.8, 4) is 0 Å². The van der Waals surface area contributed by atoms with Crippen LogP contribution in [-0.4, -0.2) is 40.5 Å². The predicted molar refractivity (Wildman–Crippen MR) is 101 cm³/mol. The molecule has 0 heterocycles. The summed E-state index contributed by atoms with van der Waals surface area (Å²) in [6, 6.07) is 5.49. The minimum absolute atomic E-state index is 0.0262. The first kappa shape index (κ1) is 22.3. The predicted octanol–water partition coefficient (Wildman–Crippen LogP) is 3.55. The number of anilines is 1. The van der Waals surface area contributed by atoms with Crippen molar-refractivity contribution in [2.24, 2.45) is 0 Å². The Morgan fingerprint density at radius 2 is 1.56 bits per heavy atom. The summed E-state index contributed by atoms with van der Waals surface area (Å²) in [4.78, 5) is 35.2. The van der Waals surface area contributed by atoms with Crippen LogP contribution in [0.15, 0.2) is 24.3 Å². The Balaban J connectivity index is 2.79. The monoisotopic (exact) mass is 380 g/mol. The van der Waals surface area contributed by atoms with Gasteiger partial charge in [0, 0.05) is 12.1 Å². The normalized spacial score (nSPS) is 12.7. The Kier molecular flexibility index (Phi) is 7.21. The Bertz CT molecular complexity index is 688. The van der Waals surface area contributed by atoms with Crippen molar-refractivity contribution in [3.05, 3.63) is 29.8 Å². The molecule has 0 saturated carbocycles. The third kappa shape index (κ3) is 9.48. The quantitative estimate of drug-likeness (QED) is 0.720. The molecule has 1 aromatic carbocycles. The van der Waals surface area contributed by atoms with Crippen LogP contribution in [0.25, 0.3) is 0 Å². The number of alkyl carbamates (subject to hydrolysis) is 1. The van der Waals surface area contributed by atoms with Crippen molar-refractivity contribution >= 4 is 23.8 Å². The van der Waals surface area contributed by atoms with Crippen LogP contribution in [-0.2, 0) is 20.7 Å². The van der Waals surface area contributed by atoms with Gasteiger partial charge >= 0.3 is 18.2 Å². The number of nitrogens with one attached hydrogen (secondary N) is 2. The molecule has 0 aromatic heterocycles. The molecule has 0 aliphatic rings. The lowest BCUT2D eigenvalue weighted by molar-refractivity contribution is -0.139. The molecule has 0 unspecified atom stereocenters. The summed E-state index contributed by atoms with van der Waals surface area (Å²) in [7, 11) is 0. The lowest BCUT2D eigenvalue weighted by Gasteiger charge is -2.22. The van der Waals surface area contributed by atoms with Crippen molar-refractivity contribution in [2.75, 3.05) is 5.32 Å². The average molecular weight is 380 g/mol. The zero-order valence-corrected chi connectivity index (χ0v) is 16.6. The van der Waals surface area contributed by atoms with E-state index in [-0.39, 0.29) is 6.42 Å². The molecular weight excluding hydrogens is 352 g/mol. The first-order valence-electron chi connectivity index (χ1n) is 8.56. The standard InChI is InChI=1S/C19H28N2O6/c1-18(2,3)26-16(24)20-13-9-7-8-12(10-13)11-14(15(22)23)21-17(25)27-19(4,5)6/h7-10,14H,11H2,1-6H3,(H,20,24)(H,21,25)(H,22,23)/t14-/m1/s1. The van der Waals surface area contributed by atoms with Gasteiger partial charge in [0.15, 0.2) is 0 Å². The van der Waals surface area contributed by atoms with Crippen LogP contribution in [0.1, 0.15) is 47.1 Å². The number of ether oxygens (including phenoxy) is 2. The van der Waals surface area contributed by atoms with Gasteiger partial charge in [-0.25, -0.2) is 14.4 Å². The third-order valence-electron chi connectivity index (χ3n) is 3.00. The van der Waals surface area contributed by atoms with Crippen molar-refractivity contribution in [1.29, 1.82) is 0 Å². The minimum Gasteiger partial charge on any atom is -0.480 e. The van der Waals surface area contributed by atoms with E-state index in [0.29, 0.717) is 11.3 Å². The number of carbonyl (C=O) groups excluding carboxylic acids is 2. The lowest BCUT2D eigenvalue weighted by atomic mass is 10.1. The van der Waals surface area contributed by atoms with Gasteiger partial charge in [-0.1, -0.05) is 12.1 Å². The fraction of sp³-hybridized carbons (Fsp3) is 0.526. The molecule has 0 aliphatic heterocycles. The van der Waals surface area contributed by atoms with Crippen LogP contribution in [0.3, 0.4) is 0 Å². The summed E-state index contributed by atoms with van der Waals surface area (Å²) in [6.45, 7) is 10.3. The SMILES string of the molecule is CC(C)(C)OC(=O)Nc1cccc(C[C@@H](NC(=O)OC(C)(C)C)C(=O)O)c1. The summed E-state index contributed by atoms with van der Waals surface area (Å²) in [6.07, 6.45) is -1.39. The molecule has 8 heteroatoms. The highest BCUT2D eigenvalue weighted by atomic mass is 16.6. The minimum atomic E-state index is -1.19. The van der Waals surface area contributed by atoms with E-state index in [1.165, 1.54) is 0 Å². The molecule has 0 radical (unpaired) electrons. The van der Waals surface area contributed by atoms with Gasteiger partial charge in [-0.3, -0.25) is 5.32 Å². The molecule has 0 fully saturated rings. The van der Waals surface area contributed by atoms with Gasteiger partial charge in [0.25, 0.3) is 0 Å². The lowest BCUT2D eigenvalue weighted by Crippen LogP contribution is -2.44. The second-order valence-electron chi connectivity index (χ2n) is 8.07. The van der Waals surface area contributed by atoms with Crippen LogP contribution < -0.4 is 10.6 Å². The second-order valence-corrected chi connectivity index (χ2v) is 8.07. The number of rotatable bonds is 5. The zero-order chi connectivity index (χ0) is 20.8. The summed E-state index contributed by atoms with van der Waals surface area (Å²) in [5.41, 5.74) is -0.284. The molecular formula is C19H28N2O6. The Labute approximate surface area is 159 Å². The van der Waals surface area contributed by atoms with Crippen molar-refractivity contribution in [1.82, 2.24) is 5.32 Å². The number of carboxylic acids is 1. The van der Waals surface area contributed by atoms with E-state index in [1.807, 2.05) is 0 Å². The molecule has 0 saturated heterocycles. The van der Waals surface area contributed by atoms with E-state index in [9.17, 15) is 19.5 Å². The third-order valence-corrected chi connectivity index (χ3v) is 3.00. The smallest absolute Gasteiger partial charge is 0.412 e. The molecule has 8 nitrogen and oxygen atoms in total. The summed E-state index contributed by atoms with van der Waals surface area (Å²) in [5.74, 6) is -1.19. The van der Waals surface area contributed by atoms with E-state index < -0.39 is 35.4 Å². The number of amides is 2. The molecule has 0 aliphatic carbocycles. The van der Waals surface area contributed by atoms with E-state index >= 15 is 0 Å². The fourth-order valence-electron chi connectivity index (χ4n) is 2.08. The first-order valence-corrected chi connectivity index (χ1v) is 8.56. The van der Waals surface area contributed by atoms with E-state index in [0.717, 1.165) is 0 Å². The highest BCUT2D eigenvalue weighted by Gasteiger charge is 2.24. The van der Waals surface area contributed by atoms with E-state index in [4.69, 9.17) is 9.47 Å². The highest BCUT2D eigenvalue weighted by Crippen LogP contribution is 2.15. The summed E-state index contributed by atoms with van der Waals surface area (Å²) in [5, 5.41) is 14.3. The summed E-state index contributed by atoms with van der Waals surface area (Å²) < 4.78 is 10.3. The number of hydrogen-bond acceptors (Lipinski definition) is 5. The fourth-order valence-corrected chi connectivity index (χ4v) is 2.08. The maximum absolute atomic E-state index is 11.8. The Morgan fingerprint density at radius 1 is 1.00 bits per heavy atom. The maximum Gasteiger partial charge on any atom is 0.412 e. The number of carboxylic acid groups (broad SMARTS) is 1. The average Bonchev–Trinajstić information content (AvgIpc) is 2.42. The molecule has 1 aromatic rings. The van der Waals surface area contributed by atoms with E-state index in [2.05, 4.69) is 10.6 Å². The molecule has 1 rings (SSSR count). The maximum atomic E-state index is 11.8. The van der Waals surface area contributed by atoms with Crippen molar-refractivity contribution < 1.29 is 29.0 Å². The van der Waals surface area contributed by atoms with E-state index in [1.54, 1.807) is 65.8 Å².